The molecule has 0 amide bonds. The van der Waals surface area contributed by atoms with E-state index in [9.17, 15) is 0 Å². The summed E-state index contributed by atoms with van der Waals surface area (Å²) in [7, 11) is 0. The maximum absolute atomic E-state index is 6.07. The maximum Gasteiger partial charge on any atom is 0.198 e. The van der Waals surface area contributed by atoms with Crippen LogP contribution in [0.25, 0.3) is 11.1 Å². The third kappa shape index (κ3) is 1.70. The fourth-order valence-electron chi connectivity index (χ4n) is 2.18. The number of halogens is 1. The summed E-state index contributed by atoms with van der Waals surface area (Å²) in [4.78, 5) is 4.51. The van der Waals surface area contributed by atoms with E-state index in [-0.39, 0.29) is 0 Å². The highest BCUT2D eigenvalue weighted by atomic mass is 35.5. The van der Waals surface area contributed by atoms with Crippen molar-refractivity contribution in [3.8, 4) is 0 Å². The van der Waals surface area contributed by atoms with E-state index in [2.05, 4.69) is 10.3 Å². The van der Waals surface area contributed by atoms with Crippen molar-refractivity contribution in [1.29, 1.82) is 0 Å². The number of para-hydroxylation sites is 1. The predicted octanol–water partition coefficient (Wildman–Crippen LogP) is 2.95. The molecule has 0 radical (unpaired) electrons. The summed E-state index contributed by atoms with van der Waals surface area (Å²) in [5.41, 5.74) is 1.58. The van der Waals surface area contributed by atoms with Gasteiger partial charge in [0, 0.05) is 5.92 Å². The number of nitrogens with zero attached hydrogens (tertiary/aromatic N) is 1. The zero-order chi connectivity index (χ0) is 11.0. The first-order chi connectivity index (χ1) is 7.84. The van der Waals surface area contributed by atoms with Gasteiger partial charge in [-0.2, -0.15) is 0 Å². The van der Waals surface area contributed by atoms with Gasteiger partial charge in [0.2, 0.25) is 0 Å². The van der Waals surface area contributed by atoms with Crippen molar-refractivity contribution in [2.75, 3.05) is 13.1 Å². The fraction of sp³-hybridized carbons (Fsp3) is 0.417. The minimum Gasteiger partial charge on any atom is -0.440 e. The van der Waals surface area contributed by atoms with Crippen molar-refractivity contribution >= 4 is 22.7 Å². The van der Waals surface area contributed by atoms with E-state index in [1.165, 1.54) is 0 Å². The van der Waals surface area contributed by atoms with Gasteiger partial charge in [0.25, 0.3) is 0 Å². The van der Waals surface area contributed by atoms with Crippen LogP contribution in [0.3, 0.4) is 0 Å². The molecule has 2 aromatic rings. The molecule has 0 spiro atoms. The number of fused-ring (bicyclic) bond motifs is 1. The molecule has 3 rings (SSSR count). The normalized spacial score (nSPS) is 18.1. The third-order valence-electron chi connectivity index (χ3n) is 3.07. The van der Waals surface area contributed by atoms with Gasteiger partial charge in [-0.1, -0.05) is 17.7 Å². The number of hydrogen-bond donors (Lipinski definition) is 1. The standard InChI is InChI=1S/C12H13ClN2O/c13-9-2-1-3-10-11(9)15-12(16-10)8-4-6-14-7-5-8/h1-3,8,14H,4-7H2. The quantitative estimate of drug-likeness (QED) is 0.827. The fourth-order valence-corrected chi connectivity index (χ4v) is 2.38. The zero-order valence-corrected chi connectivity index (χ0v) is 9.63. The van der Waals surface area contributed by atoms with Crippen LogP contribution in [-0.2, 0) is 0 Å². The summed E-state index contributed by atoms with van der Waals surface area (Å²) in [6, 6.07) is 5.65. The Bertz CT molecular complexity index is 503. The zero-order valence-electron chi connectivity index (χ0n) is 8.87. The summed E-state index contributed by atoms with van der Waals surface area (Å²) in [6.07, 6.45) is 2.18. The number of hydrogen-bond acceptors (Lipinski definition) is 3. The smallest absolute Gasteiger partial charge is 0.198 e. The summed E-state index contributed by atoms with van der Waals surface area (Å²) in [5, 5.41) is 4.00. The maximum atomic E-state index is 6.07. The minimum absolute atomic E-state index is 0.435. The van der Waals surface area contributed by atoms with E-state index in [1.54, 1.807) is 0 Å². The van der Waals surface area contributed by atoms with Crippen LogP contribution in [0.15, 0.2) is 22.6 Å². The van der Waals surface area contributed by atoms with E-state index >= 15 is 0 Å². The van der Waals surface area contributed by atoms with Gasteiger partial charge in [-0.15, -0.1) is 0 Å². The number of aromatic nitrogens is 1. The largest absolute Gasteiger partial charge is 0.440 e. The molecule has 1 N–H and O–H groups in total. The van der Waals surface area contributed by atoms with Crippen molar-refractivity contribution in [3.05, 3.63) is 29.1 Å². The van der Waals surface area contributed by atoms with Crippen LogP contribution >= 0.6 is 11.6 Å². The monoisotopic (exact) mass is 236 g/mol. The van der Waals surface area contributed by atoms with Crippen LogP contribution in [0, 0.1) is 0 Å². The van der Waals surface area contributed by atoms with Gasteiger partial charge in [-0.25, -0.2) is 4.98 Å². The molecule has 2 heterocycles. The summed E-state index contributed by atoms with van der Waals surface area (Å²) in [6.45, 7) is 2.08. The number of nitrogens with one attached hydrogen (secondary N) is 1. The molecule has 84 valence electrons. The highest BCUT2D eigenvalue weighted by Crippen LogP contribution is 2.30. The van der Waals surface area contributed by atoms with Crippen LogP contribution in [0.2, 0.25) is 5.02 Å². The molecule has 0 atom stereocenters. The number of piperidine rings is 1. The van der Waals surface area contributed by atoms with E-state index in [4.69, 9.17) is 16.0 Å². The summed E-state index contributed by atoms with van der Waals surface area (Å²) in [5.74, 6) is 1.27. The van der Waals surface area contributed by atoms with Gasteiger partial charge in [0.1, 0.15) is 5.52 Å². The Morgan fingerprint density at radius 2 is 2.12 bits per heavy atom. The average Bonchev–Trinajstić information content (AvgIpc) is 2.76. The SMILES string of the molecule is Clc1cccc2oc(C3CCNCC3)nc12. The van der Waals surface area contributed by atoms with Crippen molar-refractivity contribution in [3.63, 3.8) is 0 Å². The minimum atomic E-state index is 0.435. The van der Waals surface area contributed by atoms with Gasteiger partial charge < -0.3 is 9.73 Å². The lowest BCUT2D eigenvalue weighted by Crippen LogP contribution is -2.26. The molecule has 16 heavy (non-hydrogen) atoms. The van der Waals surface area contributed by atoms with Crippen LogP contribution in [0.5, 0.6) is 0 Å². The second-order valence-electron chi connectivity index (χ2n) is 4.16. The van der Waals surface area contributed by atoms with Crippen molar-refractivity contribution in [2.24, 2.45) is 0 Å². The average molecular weight is 237 g/mol. The molecule has 1 aliphatic heterocycles. The lowest BCUT2D eigenvalue weighted by Gasteiger charge is -2.19. The summed E-state index contributed by atoms with van der Waals surface area (Å²) < 4.78 is 5.76. The second-order valence-corrected chi connectivity index (χ2v) is 4.57. The van der Waals surface area contributed by atoms with E-state index in [1.807, 2.05) is 18.2 Å². The van der Waals surface area contributed by atoms with Gasteiger partial charge in [0.05, 0.1) is 5.02 Å². The van der Waals surface area contributed by atoms with Gasteiger partial charge >= 0.3 is 0 Å². The molecule has 1 saturated heterocycles. The lowest BCUT2D eigenvalue weighted by atomic mass is 9.98. The highest BCUT2D eigenvalue weighted by molar-refractivity contribution is 6.34. The molecule has 0 saturated carbocycles. The molecule has 0 bridgehead atoms. The van der Waals surface area contributed by atoms with Crippen LogP contribution < -0.4 is 5.32 Å². The van der Waals surface area contributed by atoms with Crippen molar-refractivity contribution in [2.45, 2.75) is 18.8 Å². The van der Waals surface area contributed by atoms with Crippen LogP contribution in [-0.4, -0.2) is 18.1 Å². The predicted molar refractivity (Wildman–Crippen MR) is 63.9 cm³/mol. The Balaban J connectivity index is 2.01. The Kier molecular flexibility index (Phi) is 2.58. The Labute approximate surface area is 98.8 Å². The van der Waals surface area contributed by atoms with E-state index in [0.717, 1.165) is 42.9 Å². The molecular weight excluding hydrogens is 224 g/mol. The first-order valence-electron chi connectivity index (χ1n) is 5.60. The van der Waals surface area contributed by atoms with Crippen molar-refractivity contribution < 1.29 is 4.42 Å². The van der Waals surface area contributed by atoms with Crippen LogP contribution in [0.1, 0.15) is 24.7 Å². The molecule has 4 heteroatoms. The number of rotatable bonds is 1. The Hall–Kier alpha value is -1.06. The van der Waals surface area contributed by atoms with E-state index in [0.29, 0.717) is 10.9 Å². The molecule has 0 unspecified atom stereocenters. The van der Waals surface area contributed by atoms with Crippen LogP contribution in [0.4, 0.5) is 0 Å². The van der Waals surface area contributed by atoms with Gasteiger partial charge in [-0.05, 0) is 38.1 Å². The molecule has 1 fully saturated rings. The topological polar surface area (TPSA) is 38.1 Å². The third-order valence-corrected chi connectivity index (χ3v) is 3.38. The number of oxazole rings is 1. The second kappa shape index (κ2) is 4.07. The van der Waals surface area contributed by atoms with E-state index < -0.39 is 0 Å². The molecule has 0 aliphatic carbocycles. The number of benzene rings is 1. The highest BCUT2D eigenvalue weighted by Gasteiger charge is 2.21. The Morgan fingerprint density at radius 3 is 2.88 bits per heavy atom. The van der Waals surface area contributed by atoms with Gasteiger partial charge in [-0.3, -0.25) is 0 Å². The lowest BCUT2D eigenvalue weighted by molar-refractivity contribution is 0.385. The molecule has 1 aromatic carbocycles. The molecule has 1 aliphatic rings. The first-order valence-corrected chi connectivity index (χ1v) is 5.98. The molecular formula is C12H13ClN2O. The summed E-state index contributed by atoms with van der Waals surface area (Å²) >= 11 is 6.07. The molecule has 3 nitrogen and oxygen atoms in total. The van der Waals surface area contributed by atoms with Crippen molar-refractivity contribution in [1.82, 2.24) is 10.3 Å². The van der Waals surface area contributed by atoms with Gasteiger partial charge in [0.15, 0.2) is 11.5 Å². The molecule has 1 aromatic heterocycles. The first kappa shape index (κ1) is 10.1. The Morgan fingerprint density at radius 1 is 1.31 bits per heavy atom.